The molecule has 0 fully saturated rings. The van der Waals surface area contributed by atoms with Crippen molar-refractivity contribution >= 4 is 5.65 Å². The molecular weight excluding hydrogens is 233 g/mol. The van der Waals surface area contributed by atoms with Crippen molar-refractivity contribution in [3.05, 3.63) is 42.4 Å². The lowest BCUT2D eigenvalue weighted by Gasteiger charge is -2.05. The zero-order chi connectivity index (χ0) is 12.5. The van der Waals surface area contributed by atoms with Crippen LogP contribution in [0, 0.1) is 5.82 Å². The predicted octanol–water partition coefficient (Wildman–Crippen LogP) is 1.89. The molecule has 0 aromatic carbocycles. The molecule has 0 saturated heterocycles. The second kappa shape index (κ2) is 4.14. The van der Waals surface area contributed by atoms with Crippen LogP contribution >= 0.6 is 0 Å². The molecule has 0 spiro atoms. The summed E-state index contributed by atoms with van der Waals surface area (Å²) in [5.41, 5.74) is 1.26. The van der Waals surface area contributed by atoms with Crippen LogP contribution in [0.5, 0.6) is 0 Å². The molecule has 3 aromatic rings. The van der Waals surface area contributed by atoms with Gasteiger partial charge < -0.3 is 0 Å². The number of hydrogen-bond acceptors (Lipinski definition) is 4. The fraction of sp³-hybridized carbons (Fsp3) is 0.167. The third kappa shape index (κ3) is 1.71. The summed E-state index contributed by atoms with van der Waals surface area (Å²) in [6.07, 6.45) is 5.08. The van der Waals surface area contributed by atoms with Gasteiger partial charge >= 0.3 is 0 Å². The number of halogens is 1. The normalized spacial score (nSPS) is 11.0. The van der Waals surface area contributed by atoms with Crippen LogP contribution in [-0.4, -0.2) is 24.6 Å². The van der Waals surface area contributed by atoms with E-state index in [-0.39, 0.29) is 0 Å². The fourth-order valence-electron chi connectivity index (χ4n) is 1.78. The first-order valence-electron chi connectivity index (χ1n) is 5.59. The van der Waals surface area contributed by atoms with Crippen LogP contribution in [0.1, 0.15) is 12.7 Å². The van der Waals surface area contributed by atoms with Crippen molar-refractivity contribution in [1.82, 2.24) is 24.6 Å². The molecule has 0 saturated carbocycles. The van der Waals surface area contributed by atoms with Gasteiger partial charge in [0, 0.05) is 24.2 Å². The molecule has 0 unspecified atom stereocenters. The van der Waals surface area contributed by atoms with Crippen molar-refractivity contribution in [3.63, 3.8) is 0 Å². The summed E-state index contributed by atoms with van der Waals surface area (Å²) in [6, 6.07) is 3.16. The molecule has 3 aromatic heterocycles. The van der Waals surface area contributed by atoms with Crippen LogP contribution in [-0.2, 0) is 6.42 Å². The van der Waals surface area contributed by atoms with Gasteiger partial charge in [-0.2, -0.15) is 5.10 Å². The van der Waals surface area contributed by atoms with Gasteiger partial charge in [0.25, 0.3) is 0 Å². The first-order chi connectivity index (χ1) is 8.78. The van der Waals surface area contributed by atoms with Crippen molar-refractivity contribution in [2.24, 2.45) is 0 Å². The lowest BCUT2D eigenvalue weighted by Crippen LogP contribution is -2.05. The van der Waals surface area contributed by atoms with E-state index in [1.165, 1.54) is 6.07 Å². The molecule has 0 amide bonds. The Morgan fingerprint density at radius 2 is 2.17 bits per heavy atom. The fourth-order valence-corrected chi connectivity index (χ4v) is 1.78. The van der Waals surface area contributed by atoms with Crippen LogP contribution in [0.15, 0.2) is 30.7 Å². The van der Waals surface area contributed by atoms with Gasteiger partial charge in [-0.15, -0.1) is 0 Å². The van der Waals surface area contributed by atoms with Crippen LogP contribution in [0.4, 0.5) is 4.39 Å². The van der Waals surface area contributed by atoms with Crippen molar-refractivity contribution in [2.45, 2.75) is 13.3 Å². The van der Waals surface area contributed by atoms with Crippen LogP contribution in [0.2, 0.25) is 0 Å². The average Bonchev–Trinajstić information content (AvgIpc) is 2.85. The number of pyridine rings is 1. The van der Waals surface area contributed by atoms with E-state index in [0.29, 0.717) is 17.0 Å². The van der Waals surface area contributed by atoms with E-state index >= 15 is 0 Å². The number of aryl methyl sites for hydroxylation is 1. The Kier molecular flexibility index (Phi) is 2.47. The standard InChI is InChI=1S/C12H10FN5/c1-2-10-16-12(8-5-9(13)7-14-6-8)17-11-3-4-15-18(10)11/h3-7H,2H2,1H3. The van der Waals surface area contributed by atoms with Gasteiger partial charge in [0.15, 0.2) is 11.5 Å². The molecule has 5 nitrogen and oxygen atoms in total. The van der Waals surface area contributed by atoms with Gasteiger partial charge in [-0.05, 0) is 6.07 Å². The Hall–Kier alpha value is -2.37. The minimum atomic E-state index is -0.400. The lowest BCUT2D eigenvalue weighted by molar-refractivity contribution is 0.621. The Morgan fingerprint density at radius 1 is 1.28 bits per heavy atom. The average molecular weight is 243 g/mol. The van der Waals surface area contributed by atoms with Gasteiger partial charge in [0.2, 0.25) is 0 Å². The quantitative estimate of drug-likeness (QED) is 0.689. The van der Waals surface area contributed by atoms with E-state index in [1.807, 2.05) is 6.92 Å². The van der Waals surface area contributed by atoms with Crippen LogP contribution in [0.25, 0.3) is 17.0 Å². The smallest absolute Gasteiger partial charge is 0.165 e. The molecule has 90 valence electrons. The van der Waals surface area contributed by atoms with Crippen molar-refractivity contribution in [1.29, 1.82) is 0 Å². The highest BCUT2D eigenvalue weighted by Crippen LogP contribution is 2.16. The van der Waals surface area contributed by atoms with Gasteiger partial charge in [0.1, 0.15) is 11.6 Å². The minimum Gasteiger partial charge on any atom is -0.261 e. The maximum absolute atomic E-state index is 13.2. The molecule has 0 aliphatic carbocycles. The van der Waals surface area contributed by atoms with Crippen LogP contribution < -0.4 is 0 Å². The topological polar surface area (TPSA) is 56.0 Å². The van der Waals surface area contributed by atoms with E-state index in [4.69, 9.17) is 0 Å². The summed E-state index contributed by atoms with van der Waals surface area (Å²) in [5.74, 6) is 0.846. The van der Waals surface area contributed by atoms with Crippen molar-refractivity contribution in [2.75, 3.05) is 0 Å². The van der Waals surface area contributed by atoms with Gasteiger partial charge in [-0.25, -0.2) is 18.9 Å². The van der Waals surface area contributed by atoms with Gasteiger partial charge in [-0.3, -0.25) is 4.98 Å². The maximum atomic E-state index is 13.2. The summed E-state index contributed by atoms with van der Waals surface area (Å²) < 4.78 is 14.8. The number of rotatable bonds is 2. The summed E-state index contributed by atoms with van der Waals surface area (Å²) in [6.45, 7) is 1.98. The van der Waals surface area contributed by atoms with Gasteiger partial charge in [0.05, 0.1) is 12.4 Å². The second-order valence-corrected chi connectivity index (χ2v) is 3.81. The first-order valence-corrected chi connectivity index (χ1v) is 5.59. The zero-order valence-electron chi connectivity index (χ0n) is 9.71. The first kappa shape index (κ1) is 10.8. The highest BCUT2D eigenvalue weighted by Gasteiger charge is 2.09. The minimum absolute atomic E-state index is 0.400. The third-order valence-electron chi connectivity index (χ3n) is 2.60. The summed E-state index contributed by atoms with van der Waals surface area (Å²) in [7, 11) is 0. The second-order valence-electron chi connectivity index (χ2n) is 3.81. The summed E-state index contributed by atoms with van der Waals surface area (Å²) in [4.78, 5) is 12.5. The Bertz CT molecular complexity index is 707. The third-order valence-corrected chi connectivity index (χ3v) is 2.60. The molecule has 0 radical (unpaired) electrons. The number of hydrogen-bond donors (Lipinski definition) is 0. The molecular formula is C12H10FN5. The van der Waals surface area contributed by atoms with E-state index in [9.17, 15) is 4.39 Å². The number of fused-ring (bicyclic) bond motifs is 1. The highest BCUT2D eigenvalue weighted by molar-refractivity contribution is 5.56. The SMILES string of the molecule is CCc1nc(-c2cncc(F)c2)nc2ccnn12. The maximum Gasteiger partial charge on any atom is 0.165 e. The molecule has 0 bridgehead atoms. The highest BCUT2D eigenvalue weighted by atomic mass is 19.1. The number of aromatic nitrogens is 5. The Morgan fingerprint density at radius 3 is 2.94 bits per heavy atom. The van der Waals surface area contributed by atoms with E-state index in [1.54, 1.807) is 23.0 Å². The summed E-state index contributed by atoms with van der Waals surface area (Å²) in [5, 5.41) is 4.14. The molecule has 6 heteroatoms. The molecule has 18 heavy (non-hydrogen) atoms. The lowest BCUT2D eigenvalue weighted by atomic mass is 10.2. The van der Waals surface area contributed by atoms with Crippen molar-refractivity contribution < 1.29 is 4.39 Å². The summed E-state index contributed by atoms with van der Waals surface area (Å²) >= 11 is 0. The van der Waals surface area contributed by atoms with Crippen LogP contribution in [0.3, 0.4) is 0 Å². The molecule has 0 aliphatic rings. The predicted molar refractivity (Wildman–Crippen MR) is 63.3 cm³/mol. The Balaban J connectivity index is 2.23. The molecule has 3 rings (SSSR count). The molecule has 0 aliphatic heterocycles. The molecule has 0 atom stereocenters. The molecule has 0 N–H and O–H groups in total. The van der Waals surface area contributed by atoms with Gasteiger partial charge in [-0.1, -0.05) is 6.92 Å². The zero-order valence-corrected chi connectivity index (χ0v) is 9.71. The van der Waals surface area contributed by atoms with E-state index in [2.05, 4.69) is 20.1 Å². The Labute approximate surface area is 102 Å². The monoisotopic (exact) mass is 243 g/mol. The largest absolute Gasteiger partial charge is 0.261 e. The molecule has 3 heterocycles. The van der Waals surface area contributed by atoms with E-state index in [0.717, 1.165) is 18.4 Å². The van der Waals surface area contributed by atoms with Crippen molar-refractivity contribution in [3.8, 4) is 11.4 Å². The number of nitrogens with zero attached hydrogens (tertiary/aromatic N) is 5. The van der Waals surface area contributed by atoms with E-state index < -0.39 is 5.82 Å².